The van der Waals surface area contributed by atoms with Crippen LogP contribution in [-0.4, -0.2) is 37.2 Å². The fourth-order valence-corrected chi connectivity index (χ4v) is 2.57. The first-order valence-corrected chi connectivity index (χ1v) is 7.33. The Kier molecular flexibility index (Phi) is 4.22. The van der Waals surface area contributed by atoms with Crippen LogP contribution in [0.5, 0.6) is 0 Å². The number of hydrogen-bond acceptors (Lipinski definition) is 5. The van der Waals surface area contributed by atoms with Gasteiger partial charge in [0, 0.05) is 24.0 Å². The number of rotatable bonds is 3. The van der Waals surface area contributed by atoms with Gasteiger partial charge in [-0.2, -0.15) is 5.26 Å². The van der Waals surface area contributed by atoms with E-state index in [1.807, 2.05) is 36.4 Å². The van der Waals surface area contributed by atoms with Crippen LogP contribution in [0.15, 0.2) is 35.9 Å². The van der Waals surface area contributed by atoms with Crippen LogP contribution in [0.3, 0.4) is 0 Å². The van der Waals surface area contributed by atoms with E-state index in [0.29, 0.717) is 31.9 Å². The van der Waals surface area contributed by atoms with Crippen molar-refractivity contribution in [2.75, 3.05) is 31.2 Å². The van der Waals surface area contributed by atoms with Gasteiger partial charge in [-0.1, -0.05) is 18.2 Å². The summed E-state index contributed by atoms with van der Waals surface area (Å²) in [6.07, 6.45) is 1.51. The van der Waals surface area contributed by atoms with Gasteiger partial charge in [0.2, 0.25) is 0 Å². The van der Waals surface area contributed by atoms with Crippen LogP contribution >= 0.6 is 0 Å². The highest BCUT2D eigenvalue weighted by atomic mass is 16.5. The Morgan fingerprint density at radius 3 is 2.78 bits per heavy atom. The number of fused-ring (bicyclic) bond motifs is 1. The molecule has 0 aliphatic carbocycles. The predicted octanol–water partition coefficient (Wildman–Crippen LogP) is 1.46. The molecule has 6 heteroatoms. The lowest BCUT2D eigenvalue weighted by molar-refractivity contribution is -0.114. The maximum atomic E-state index is 11.4. The molecule has 6 nitrogen and oxygen atoms in total. The number of morpholine rings is 1. The number of carbonyl (C=O) groups excluding carboxylic acids is 1. The Bertz CT molecular complexity index is 817. The van der Waals surface area contributed by atoms with Crippen LogP contribution in [0.25, 0.3) is 17.0 Å². The smallest absolute Gasteiger partial charge is 0.259 e. The molecule has 1 fully saturated rings. The topological polar surface area (TPSA) is 92.2 Å². The molecule has 1 saturated heterocycles. The number of pyridine rings is 1. The van der Waals surface area contributed by atoms with Crippen molar-refractivity contribution in [3.8, 4) is 6.07 Å². The largest absolute Gasteiger partial charge is 0.378 e. The van der Waals surface area contributed by atoms with Crippen LogP contribution in [0.1, 0.15) is 5.56 Å². The molecule has 2 N–H and O–H groups in total. The first kappa shape index (κ1) is 15.0. The summed E-state index contributed by atoms with van der Waals surface area (Å²) in [4.78, 5) is 18.2. The Morgan fingerprint density at radius 1 is 1.35 bits per heavy atom. The van der Waals surface area contributed by atoms with Crippen molar-refractivity contribution < 1.29 is 9.53 Å². The van der Waals surface area contributed by atoms with E-state index in [1.54, 1.807) is 0 Å². The van der Waals surface area contributed by atoms with E-state index in [0.717, 1.165) is 16.7 Å². The monoisotopic (exact) mass is 308 g/mol. The highest BCUT2D eigenvalue weighted by Crippen LogP contribution is 2.26. The fourth-order valence-electron chi connectivity index (χ4n) is 2.57. The lowest BCUT2D eigenvalue weighted by Crippen LogP contribution is -2.37. The van der Waals surface area contributed by atoms with Crippen molar-refractivity contribution in [1.29, 1.82) is 5.26 Å². The van der Waals surface area contributed by atoms with Gasteiger partial charge in [-0.05, 0) is 18.2 Å². The van der Waals surface area contributed by atoms with E-state index in [2.05, 4.69) is 4.90 Å². The summed E-state index contributed by atoms with van der Waals surface area (Å²) < 4.78 is 5.38. The number of anilines is 1. The molecule has 0 radical (unpaired) electrons. The van der Waals surface area contributed by atoms with Crippen LogP contribution in [-0.2, 0) is 9.53 Å². The Hall–Kier alpha value is -2.91. The molecule has 2 aromatic rings. The van der Waals surface area contributed by atoms with Gasteiger partial charge in [0.1, 0.15) is 17.5 Å². The zero-order chi connectivity index (χ0) is 16.2. The average Bonchev–Trinajstić information content (AvgIpc) is 2.59. The number of benzene rings is 1. The standard InChI is InChI=1S/C17H16N4O2/c18-11-14(16(19)22)10-13-9-12-3-1-2-4-15(12)20-17(13)21-5-7-23-8-6-21/h1-4,9-10H,5-8H2,(H2,19,22)/b14-10-. The van der Waals surface area contributed by atoms with Gasteiger partial charge >= 0.3 is 0 Å². The molecule has 1 aliphatic rings. The summed E-state index contributed by atoms with van der Waals surface area (Å²) in [5, 5.41) is 10.0. The molecule has 1 aromatic heterocycles. The fraction of sp³-hybridized carbons (Fsp3) is 0.235. The number of nitrogens with two attached hydrogens (primary N) is 1. The van der Waals surface area contributed by atoms with E-state index < -0.39 is 5.91 Å². The highest BCUT2D eigenvalue weighted by molar-refractivity contribution is 6.01. The Labute approximate surface area is 133 Å². The van der Waals surface area contributed by atoms with E-state index in [1.165, 1.54) is 6.08 Å². The maximum Gasteiger partial charge on any atom is 0.259 e. The molecule has 0 atom stereocenters. The molecular formula is C17H16N4O2. The van der Waals surface area contributed by atoms with E-state index in [4.69, 9.17) is 20.7 Å². The normalized spacial score (nSPS) is 15.4. The van der Waals surface area contributed by atoms with Crippen molar-refractivity contribution in [1.82, 2.24) is 4.98 Å². The third-order valence-corrected chi connectivity index (χ3v) is 3.73. The summed E-state index contributed by atoms with van der Waals surface area (Å²) in [5.41, 5.74) is 6.74. The minimum atomic E-state index is -0.742. The minimum absolute atomic E-state index is 0.0865. The van der Waals surface area contributed by atoms with Crippen molar-refractivity contribution >= 4 is 28.7 Å². The summed E-state index contributed by atoms with van der Waals surface area (Å²) in [5.74, 6) is -0.00501. The number of nitrogens with zero attached hydrogens (tertiary/aromatic N) is 3. The van der Waals surface area contributed by atoms with Gasteiger partial charge < -0.3 is 15.4 Å². The summed E-state index contributed by atoms with van der Waals surface area (Å²) >= 11 is 0. The molecule has 116 valence electrons. The van der Waals surface area contributed by atoms with Gasteiger partial charge in [-0.15, -0.1) is 0 Å². The van der Waals surface area contributed by atoms with Crippen LogP contribution < -0.4 is 10.6 Å². The number of primary amides is 1. The van der Waals surface area contributed by atoms with Gasteiger partial charge in [0.05, 0.1) is 18.7 Å². The predicted molar refractivity (Wildman–Crippen MR) is 87.6 cm³/mol. The van der Waals surface area contributed by atoms with Gasteiger partial charge in [-0.3, -0.25) is 4.79 Å². The number of ether oxygens (including phenoxy) is 1. The van der Waals surface area contributed by atoms with E-state index in [9.17, 15) is 4.79 Å². The number of aromatic nitrogens is 1. The van der Waals surface area contributed by atoms with Crippen molar-refractivity contribution in [2.24, 2.45) is 5.73 Å². The summed E-state index contributed by atoms with van der Waals surface area (Å²) in [6, 6.07) is 11.5. The SMILES string of the molecule is N#C/C(=C/c1cc2ccccc2nc1N1CCOCC1)C(N)=O. The second-order valence-electron chi connectivity index (χ2n) is 5.23. The molecule has 0 bridgehead atoms. The van der Waals surface area contributed by atoms with Gasteiger partial charge in [0.15, 0.2) is 0 Å². The highest BCUT2D eigenvalue weighted by Gasteiger charge is 2.17. The van der Waals surface area contributed by atoms with Crippen molar-refractivity contribution in [3.05, 3.63) is 41.5 Å². The number of nitriles is 1. The van der Waals surface area contributed by atoms with Crippen LogP contribution in [0, 0.1) is 11.3 Å². The van der Waals surface area contributed by atoms with Gasteiger partial charge in [0.25, 0.3) is 5.91 Å². The first-order chi connectivity index (χ1) is 11.2. The first-order valence-electron chi connectivity index (χ1n) is 7.33. The summed E-state index contributed by atoms with van der Waals surface area (Å²) in [6.45, 7) is 2.67. The number of carbonyl (C=O) groups is 1. The summed E-state index contributed by atoms with van der Waals surface area (Å²) in [7, 11) is 0. The second kappa shape index (κ2) is 6.46. The average molecular weight is 308 g/mol. The molecule has 1 aliphatic heterocycles. The quantitative estimate of drug-likeness (QED) is 0.684. The Balaban J connectivity index is 2.16. The zero-order valence-corrected chi connectivity index (χ0v) is 12.5. The third kappa shape index (κ3) is 3.15. The minimum Gasteiger partial charge on any atom is -0.378 e. The number of amides is 1. The van der Waals surface area contributed by atoms with Crippen molar-refractivity contribution in [2.45, 2.75) is 0 Å². The third-order valence-electron chi connectivity index (χ3n) is 3.73. The molecule has 23 heavy (non-hydrogen) atoms. The second-order valence-corrected chi connectivity index (χ2v) is 5.23. The lowest BCUT2D eigenvalue weighted by atomic mass is 10.1. The van der Waals surface area contributed by atoms with Crippen LogP contribution in [0.4, 0.5) is 5.82 Å². The molecule has 2 heterocycles. The molecule has 0 spiro atoms. The number of para-hydroxylation sites is 1. The molecule has 0 unspecified atom stereocenters. The zero-order valence-electron chi connectivity index (χ0n) is 12.5. The van der Waals surface area contributed by atoms with E-state index in [-0.39, 0.29) is 5.57 Å². The maximum absolute atomic E-state index is 11.4. The van der Waals surface area contributed by atoms with Crippen molar-refractivity contribution in [3.63, 3.8) is 0 Å². The van der Waals surface area contributed by atoms with Gasteiger partial charge in [-0.25, -0.2) is 4.98 Å². The van der Waals surface area contributed by atoms with Crippen LogP contribution in [0.2, 0.25) is 0 Å². The number of hydrogen-bond donors (Lipinski definition) is 1. The molecular weight excluding hydrogens is 292 g/mol. The Morgan fingerprint density at radius 2 is 2.09 bits per heavy atom. The molecule has 0 saturated carbocycles. The lowest BCUT2D eigenvalue weighted by Gasteiger charge is -2.29. The molecule has 1 aromatic carbocycles. The van der Waals surface area contributed by atoms with E-state index >= 15 is 0 Å². The molecule has 3 rings (SSSR count). The molecule has 1 amide bonds.